The summed E-state index contributed by atoms with van der Waals surface area (Å²) >= 11 is 4.73. The van der Waals surface area contributed by atoms with E-state index in [9.17, 15) is 19.2 Å². The van der Waals surface area contributed by atoms with Crippen LogP contribution in [0.5, 0.6) is 0 Å². The zero-order valence-electron chi connectivity index (χ0n) is 23.2. The van der Waals surface area contributed by atoms with Crippen LogP contribution >= 0.6 is 27.7 Å². The summed E-state index contributed by atoms with van der Waals surface area (Å²) in [6.07, 6.45) is 1.62. The molecule has 9 nitrogen and oxygen atoms in total. The molecular formula is C33H26BrN5O4S. The van der Waals surface area contributed by atoms with Crippen LogP contribution in [0.25, 0.3) is 6.08 Å². The molecule has 4 aromatic rings. The Bertz CT molecular complexity index is 1750. The van der Waals surface area contributed by atoms with Crippen LogP contribution in [0.15, 0.2) is 129 Å². The Morgan fingerprint density at radius 3 is 2.27 bits per heavy atom. The molecule has 0 aromatic heterocycles. The molecule has 0 aliphatic carbocycles. The predicted octanol–water partition coefficient (Wildman–Crippen LogP) is 5.82. The van der Waals surface area contributed by atoms with Gasteiger partial charge in [0.25, 0.3) is 17.7 Å². The van der Waals surface area contributed by atoms with Gasteiger partial charge in [-0.15, -0.1) is 11.8 Å². The number of hydrogen-bond acceptors (Lipinski definition) is 6. The van der Waals surface area contributed by atoms with Crippen molar-refractivity contribution in [2.24, 2.45) is 5.10 Å². The zero-order chi connectivity index (χ0) is 30.9. The summed E-state index contributed by atoms with van der Waals surface area (Å²) in [5.41, 5.74) is 2.37. The quantitative estimate of drug-likeness (QED) is 0.154. The lowest BCUT2D eigenvalue weighted by Crippen LogP contribution is -2.31. The van der Waals surface area contributed by atoms with Crippen molar-refractivity contribution in [3.8, 4) is 0 Å². The molecule has 1 heterocycles. The molecule has 0 saturated carbocycles. The van der Waals surface area contributed by atoms with Crippen molar-refractivity contribution in [2.75, 3.05) is 16.1 Å². The number of benzene rings is 4. The van der Waals surface area contributed by atoms with Crippen LogP contribution in [0.4, 0.5) is 11.4 Å². The number of carbonyl (C=O) groups excluding carboxylic acids is 4. The highest BCUT2D eigenvalue weighted by Gasteiger charge is 2.26. The van der Waals surface area contributed by atoms with E-state index in [2.05, 4.69) is 37.0 Å². The van der Waals surface area contributed by atoms with Crippen LogP contribution in [0.2, 0.25) is 0 Å². The van der Waals surface area contributed by atoms with Crippen molar-refractivity contribution in [1.82, 2.24) is 10.6 Å². The molecule has 11 heteroatoms. The molecular weight excluding hydrogens is 642 g/mol. The number of anilines is 2. The van der Waals surface area contributed by atoms with E-state index in [1.807, 2.05) is 48.5 Å². The minimum absolute atomic E-state index is 0.0173. The number of rotatable bonds is 9. The molecule has 44 heavy (non-hydrogen) atoms. The molecule has 3 N–H and O–H groups in total. The fraction of sp³-hybridized carbons (Fsp3) is 0.0606. The van der Waals surface area contributed by atoms with Gasteiger partial charge >= 0.3 is 0 Å². The summed E-state index contributed by atoms with van der Waals surface area (Å²) in [4.78, 5) is 51.8. The van der Waals surface area contributed by atoms with Crippen LogP contribution in [-0.4, -0.2) is 35.2 Å². The van der Waals surface area contributed by atoms with Crippen molar-refractivity contribution in [3.05, 3.63) is 130 Å². The lowest BCUT2D eigenvalue weighted by molar-refractivity contribution is -0.117. The van der Waals surface area contributed by atoms with E-state index in [-0.39, 0.29) is 29.7 Å². The van der Waals surface area contributed by atoms with E-state index < -0.39 is 11.8 Å². The summed E-state index contributed by atoms with van der Waals surface area (Å²) in [6.45, 7) is 0. The Morgan fingerprint density at radius 2 is 1.57 bits per heavy atom. The topological polar surface area (TPSA) is 120 Å². The van der Waals surface area contributed by atoms with Gasteiger partial charge in [-0.3, -0.25) is 19.2 Å². The number of para-hydroxylation sites is 1. The minimum atomic E-state index is -0.495. The van der Waals surface area contributed by atoms with E-state index in [0.29, 0.717) is 22.8 Å². The van der Waals surface area contributed by atoms with Crippen LogP contribution in [0.3, 0.4) is 0 Å². The third kappa shape index (κ3) is 8.30. The highest BCUT2D eigenvalue weighted by molar-refractivity contribution is 9.10. The lowest BCUT2D eigenvalue weighted by Gasteiger charge is -2.12. The Morgan fingerprint density at radius 1 is 0.864 bits per heavy atom. The van der Waals surface area contributed by atoms with Crippen LogP contribution in [0.1, 0.15) is 22.3 Å². The van der Waals surface area contributed by atoms with Gasteiger partial charge in [-0.25, -0.2) is 0 Å². The van der Waals surface area contributed by atoms with Crippen molar-refractivity contribution < 1.29 is 19.2 Å². The van der Waals surface area contributed by atoms with Crippen molar-refractivity contribution in [2.45, 2.75) is 11.3 Å². The van der Waals surface area contributed by atoms with Gasteiger partial charge < -0.3 is 16.0 Å². The first-order valence-corrected chi connectivity index (χ1v) is 15.2. The van der Waals surface area contributed by atoms with Crippen LogP contribution < -0.4 is 21.0 Å². The Balaban J connectivity index is 1.18. The maximum atomic E-state index is 13.3. The highest BCUT2D eigenvalue weighted by Crippen LogP contribution is 2.22. The standard InChI is InChI=1S/C33H26BrN5O4S/c34-24-11-7-8-22(18-24)19-28(36-32(42)23-9-3-1-4-10-23)33(43)35-25-14-16-27(17-15-25)44-21-30(40)37-29-20-31(41)39(38-29)26-12-5-2-6-13-26/h1-19H,20-21H2,(H,35,43)(H,36,42)(H,37,38,40)/b28-19-. The number of hydrazone groups is 1. The van der Waals surface area contributed by atoms with E-state index in [1.165, 1.54) is 16.8 Å². The number of thioether (sulfide) groups is 1. The SMILES string of the molecule is O=C(CSc1ccc(NC(=O)/C(=C/c2cccc(Br)c2)NC(=O)c2ccccc2)cc1)NC1=NN(c2ccccc2)C(=O)C1. The first kappa shape index (κ1) is 30.5. The maximum absolute atomic E-state index is 13.3. The van der Waals surface area contributed by atoms with Gasteiger partial charge in [-0.2, -0.15) is 10.1 Å². The third-order valence-corrected chi connectivity index (χ3v) is 7.74. The Labute approximate surface area is 266 Å². The van der Waals surface area contributed by atoms with Gasteiger partial charge in [0.05, 0.1) is 17.9 Å². The van der Waals surface area contributed by atoms with E-state index in [1.54, 1.807) is 66.7 Å². The number of nitrogens with one attached hydrogen (secondary N) is 3. The zero-order valence-corrected chi connectivity index (χ0v) is 25.6. The normalized spacial score (nSPS) is 12.8. The molecule has 1 aliphatic heterocycles. The van der Waals surface area contributed by atoms with Gasteiger partial charge in [0.15, 0.2) is 0 Å². The molecule has 5 rings (SSSR count). The molecule has 220 valence electrons. The molecule has 0 saturated heterocycles. The van der Waals surface area contributed by atoms with Gasteiger partial charge in [0.2, 0.25) is 5.91 Å². The second-order valence-corrected chi connectivity index (χ2v) is 11.5. The third-order valence-electron chi connectivity index (χ3n) is 6.23. The number of halogens is 1. The monoisotopic (exact) mass is 667 g/mol. The Kier molecular flexibility index (Phi) is 10.0. The molecule has 0 atom stereocenters. The summed E-state index contributed by atoms with van der Waals surface area (Å²) in [6, 6.07) is 32.0. The molecule has 0 unspecified atom stereocenters. The van der Waals surface area contributed by atoms with E-state index in [0.717, 1.165) is 14.9 Å². The van der Waals surface area contributed by atoms with Crippen LogP contribution in [-0.2, 0) is 14.4 Å². The molecule has 0 spiro atoms. The molecule has 1 aliphatic rings. The average Bonchev–Trinajstić information content (AvgIpc) is 3.40. The van der Waals surface area contributed by atoms with E-state index in [4.69, 9.17) is 0 Å². The molecule has 0 radical (unpaired) electrons. The molecule has 0 bridgehead atoms. The first-order chi connectivity index (χ1) is 21.3. The second kappa shape index (κ2) is 14.5. The smallest absolute Gasteiger partial charge is 0.272 e. The van der Waals surface area contributed by atoms with Crippen molar-refractivity contribution in [3.63, 3.8) is 0 Å². The fourth-order valence-electron chi connectivity index (χ4n) is 4.15. The van der Waals surface area contributed by atoms with Gasteiger partial charge in [-0.05, 0) is 72.3 Å². The number of amides is 4. The summed E-state index contributed by atoms with van der Waals surface area (Å²) in [5, 5.41) is 13.8. The summed E-state index contributed by atoms with van der Waals surface area (Å²) in [7, 11) is 0. The molecule has 4 amide bonds. The van der Waals surface area contributed by atoms with Crippen molar-refractivity contribution in [1.29, 1.82) is 0 Å². The van der Waals surface area contributed by atoms with Crippen molar-refractivity contribution >= 4 is 74.6 Å². The molecule has 4 aromatic carbocycles. The first-order valence-electron chi connectivity index (χ1n) is 13.5. The van der Waals surface area contributed by atoms with Gasteiger partial charge in [-0.1, -0.05) is 64.5 Å². The highest BCUT2D eigenvalue weighted by atomic mass is 79.9. The summed E-state index contributed by atoms with van der Waals surface area (Å²) < 4.78 is 0.834. The molecule has 0 fully saturated rings. The fourth-order valence-corrected chi connectivity index (χ4v) is 5.27. The lowest BCUT2D eigenvalue weighted by atomic mass is 10.1. The maximum Gasteiger partial charge on any atom is 0.272 e. The number of carbonyl (C=O) groups is 4. The number of amidine groups is 1. The number of hydrogen-bond donors (Lipinski definition) is 3. The largest absolute Gasteiger partial charge is 0.321 e. The minimum Gasteiger partial charge on any atom is -0.321 e. The average molecular weight is 669 g/mol. The second-order valence-electron chi connectivity index (χ2n) is 9.51. The van der Waals surface area contributed by atoms with Gasteiger partial charge in [0.1, 0.15) is 11.5 Å². The van der Waals surface area contributed by atoms with Gasteiger partial charge in [0, 0.05) is 20.6 Å². The summed E-state index contributed by atoms with van der Waals surface area (Å²) in [5.74, 6) is -1.00. The van der Waals surface area contributed by atoms with Crippen LogP contribution in [0, 0.1) is 0 Å². The number of nitrogens with zero attached hydrogens (tertiary/aromatic N) is 2. The Hall–Kier alpha value is -5.00. The van der Waals surface area contributed by atoms with E-state index >= 15 is 0 Å². The predicted molar refractivity (Wildman–Crippen MR) is 176 cm³/mol.